The Morgan fingerprint density at radius 3 is 2.53 bits per heavy atom. The molecule has 2 saturated heterocycles. The number of esters is 1. The lowest BCUT2D eigenvalue weighted by molar-refractivity contribution is -0.340. The van der Waals surface area contributed by atoms with E-state index in [0.29, 0.717) is 12.4 Å². The van der Waals surface area contributed by atoms with Crippen molar-refractivity contribution in [2.24, 2.45) is 0 Å². The molecule has 14 nitrogen and oxygen atoms in total. The van der Waals surface area contributed by atoms with Crippen molar-refractivity contribution in [3.05, 3.63) is 18.2 Å². The molecule has 0 amide bonds. The molecule has 3 aliphatic rings. The van der Waals surface area contributed by atoms with Crippen LogP contribution in [0, 0.1) is 0 Å². The van der Waals surface area contributed by atoms with Crippen LogP contribution in [0.3, 0.4) is 0 Å². The molecule has 0 bridgehead atoms. The Kier molecular flexibility index (Phi) is 8.96. The quantitative estimate of drug-likeness (QED) is 0.231. The van der Waals surface area contributed by atoms with Gasteiger partial charge in [-0.15, -0.1) is 0 Å². The first kappa shape index (κ1) is 28.7. The summed E-state index contributed by atoms with van der Waals surface area (Å²) >= 11 is 0. The molecule has 0 spiro atoms. The molecule has 0 aromatic heterocycles. The van der Waals surface area contributed by atoms with Crippen molar-refractivity contribution in [2.45, 2.75) is 88.5 Å². The van der Waals surface area contributed by atoms with E-state index in [0.717, 1.165) is 6.92 Å². The second-order valence-electron chi connectivity index (χ2n) is 9.21. The monoisotopic (exact) mass is 546 g/mol. The van der Waals surface area contributed by atoms with Crippen molar-refractivity contribution in [3.63, 3.8) is 0 Å². The number of hydrogen-bond acceptors (Lipinski definition) is 14. The van der Waals surface area contributed by atoms with E-state index in [9.17, 15) is 30.3 Å². The predicted octanol–water partition coefficient (Wildman–Crippen LogP) is -1.23. The second-order valence-corrected chi connectivity index (χ2v) is 9.21. The van der Waals surface area contributed by atoms with Crippen molar-refractivity contribution in [1.29, 1.82) is 0 Å². The van der Waals surface area contributed by atoms with Crippen LogP contribution in [0.15, 0.2) is 18.2 Å². The van der Waals surface area contributed by atoms with Crippen LogP contribution in [0.25, 0.3) is 0 Å². The van der Waals surface area contributed by atoms with E-state index in [1.807, 2.05) is 0 Å². The zero-order chi connectivity index (χ0) is 27.6. The van der Waals surface area contributed by atoms with Gasteiger partial charge in [0, 0.05) is 20.3 Å². The van der Waals surface area contributed by atoms with Crippen LogP contribution in [0.5, 0.6) is 17.2 Å². The normalized spacial score (nSPS) is 38.6. The molecule has 0 radical (unpaired) electrons. The number of hydrogen-bond donors (Lipinski definition) is 5. The standard InChI is InChI=1S/C24H34O14/c1-4-32-24(3)37-14-7-5-6-13(22(14)38-24)33-17-8-12(27)21(15(9-25)34-17)36-23-20(30)19(29)18(28)16(35-23)10-31-11(2)26/h5-7,12,15-21,23,25,27-30H,4,8-10H2,1-3H3/t12-,15-,16-,17-,18+,19+,20-,21+,23+,24?/m1/s1. The summed E-state index contributed by atoms with van der Waals surface area (Å²) in [6.45, 7) is 3.91. The largest absolute Gasteiger partial charge is 0.463 e. The van der Waals surface area contributed by atoms with Gasteiger partial charge in [0.25, 0.3) is 0 Å². The highest BCUT2D eigenvalue weighted by Gasteiger charge is 2.49. The molecular weight excluding hydrogens is 512 g/mol. The van der Waals surface area contributed by atoms with Gasteiger partial charge >= 0.3 is 11.9 Å². The van der Waals surface area contributed by atoms with Crippen molar-refractivity contribution in [3.8, 4) is 17.2 Å². The molecule has 1 aromatic carbocycles. The highest BCUT2D eigenvalue weighted by Crippen LogP contribution is 2.47. The van der Waals surface area contributed by atoms with Crippen LogP contribution >= 0.6 is 0 Å². The fourth-order valence-electron chi connectivity index (χ4n) is 4.47. The van der Waals surface area contributed by atoms with Gasteiger partial charge in [0.2, 0.25) is 12.0 Å². The molecule has 3 aliphatic heterocycles. The van der Waals surface area contributed by atoms with E-state index < -0.39 is 80.5 Å². The third kappa shape index (κ3) is 6.14. The highest BCUT2D eigenvalue weighted by atomic mass is 16.9. The zero-order valence-corrected chi connectivity index (χ0v) is 21.2. The predicted molar refractivity (Wildman–Crippen MR) is 123 cm³/mol. The summed E-state index contributed by atoms with van der Waals surface area (Å²) in [4.78, 5) is 11.1. The number of aliphatic hydroxyl groups is 5. The first-order chi connectivity index (χ1) is 18.0. The number of aliphatic hydroxyl groups excluding tert-OH is 5. The second kappa shape index (κ2) is 11.9. The summed E-state index contributed by atoms with van der Waals surface area (Å²) in [6.07, 6.45) is -12.5. The third-order valence-corrected chi connectivity index (χ3v) is 6.29. The van der Waals surface area contributed by atoms with Gasteiger partial charge in [0.05, 0.1) is 19.3 Å². The van der Waals surface area contributed by atoms with Gasteiger partial charge in [-0.25, -0.2) is 0 Å². The maximum Gasteiger partial charge on any atom is 0.369 e. The highest BCUT2D eigenvalue weighted by molar-refractivity contribution is 5.65. The maximum atomic E-state index is 11.1. The number of carbonyl (C=O) groups is 1. The Bertz CT molecular complexity index is 960. The average Bonchev–Trinajstić information content (AvgIpc) is 3.21. The van der Waals surface area contributed by atoms with Crippen molar-refractivity contribution >= 4 is 5.97 Å². The SMILES string of the molecule is CCOC1(C)Oc2cccc(O[C@H]3C[C@@H](O)[C@H](O[C@@H]4O[C@H](COC(C)=O)[C@H](O)[C@H](O)[C@H]4O)[C@@H](CO)O3)c2O1. The number of fused-ring (bicyclic) bond motifs is 1. The summed E-state index contributed by atoms with van der Waals surface area (Å²) < 4.78 is 44.8. The fraction of sp³-hybridized carbons (Fsp3) is 0.708. The Labute approximate surface area is 218 Å². The molecule has 14 heteroatoms. The Morgan fingerprint density at radius 2 is 1.84 bits per heavy atom. The van der Waals surface area contributed by atoms with Gasteiger partial charge in [-0.1, -0.05) is 6.07 Å². The van der Waals surface area contributed by atoms with E-state index in [1.165, 1.54) is 0 Å². The molecule has 2 fully saturated rings. The maximum absolute atomic E-state index is 11.1. The first-order valence-corrected chi connectivity index (χ1v) is 12.3. The minimum Gasteiger partial charge on any atom is -0.463 e. The molecule has 0 aliphatic carbocycles. The lowest BCUT2D eigenvalue weighted by Gasteiger charge is -2.44. The van der Waals surface area contributed by atoms with E-state index >= 15 is 0 Å². The smallest absolute Gasteiger partial charge is 0.369 e. The fourth-order valence-corrected chi connectivity index (χ4v) is 4.47. The molecule has 0 saturated carbocycles. The molecule has 1 unspecified atom stereocenters. The summed E-state index contributed by atoms with van der Waals surface area (Å²) in [5.74, 6) is -1.03. The van der Waals surface area contributed by atoms with Crippen molar-refractivity contribution in [1.82, 2.24) is 0 Å². The van der Waals surface area contributed by atoms with Crippen LogP contribution < -0.4 is 14.2 Å². The van der Waals surface area contributed by atoms with Gasteiger partial charge in [-0.05, 0) is 19.1 Å². The lowest BCUT2D eigenvalue weighted by atomic mass is 9.98. The summed E-state index contributed by atoms with van der Waals surface area (Å²) in [5.41, 5.74) is 0. The van der Waals surface area contributed by atoms with Crippen LogP contribution in [-0.4, -0.2) is 113 Å². The number of carbonyl (C=O) groups excluding carboxylic acids is 1. The Hall–Kier alpha value is -2.27. The molecule has 214 valence electrons. The van der Waals surface area contributed by atoms with E-state index in [2.05, 4.69) is 0 Å². The van der Waals surface area contributed by atoms with Crippen molar-refractivity contribution < 1.29 is 68.2 Å². The number of ether oxygens (including phenoxy) is 8. The lowest BCUT2D eigenvalue weighted by Crippen LogP contribution is -2.62. The zero-order valence-electron chi connectivity index (χ0n) is 21.2. The molecular formula is C24H34O14. The van der Waals surface area contributed by atoms with Crippen LogP contribution in [-0.2, 0) is 28.5 Å². The molecule has 5 N–H and O–H groups in total. The minimum atomic E-state index is -1.71. The van der Waals surface area contributed by atoms with E-state index in [4.69, 9.17) is 37.9 Å². The van der Waals surface area contributed by atoms with E-state index in [1.54, 1.807) is 32.0 Å². The van der Waals surface area contributed by atoms with Crippen LogP contribution in [0.1, 0.15) is 27.2 Å². The van der Waals surface area contributed by atoms with E-state index in [-0.39, 0.29) is 17.9 Å². The third-order valence-electron chi connectivity index (χ3n) is 6.29. The number of rotatable bonds is 9. The van der Waals surface area contributed by atoms with Crippen LogP contribution in [0.2, 0.25) is 0 Å². The topological polar surface area (TPSA) is 192 Å². The minimum absolute atomic E-state index is 0.112. The first-order valence-electron chi connectivity index (χ1n) is 12.3. The summed E-state index contributed by atoms with van der Waals surface area (Å²) in [7, 11) is 0. The van der Waals surface area contributed by atoms with Gasteiger partial charge in [-0.2, -0.15) is 0 Å². The summed E-state index contributed by atoms with van der Waals surface area (Å²) in [5, 5.41) is 51.6. The number of benzene rings is 1. The average molecular weight is 547 g/mol. The molecule has 38 heavy (non-hydrogen) atoms. The Morgan fingerprint density at radius 1 is 1.08 bits per heavy atom. The molecule has 3 heterocycles. The summed E-state index contributed by atoms with van der Waals surface area (Å²) in [6, 6.07) is 4.98. The Balaban J connectivity index is 1.42. The molecule has 10 atom stereocenters. The molecule has 4 rings (SSSR count). The van der Waals surface area contributed by atoms with Gasteiger partial charge in [0.15, 0.2) is 17.8 Å². The van der Waals surface area contributed by atoms with Gasteiger partial charge in [0.1, 0.15) is 43.2 Å². The van der Waals surface area contributed by atoms with Crippen molar-refractivity contribution in [2.75, 3.05) is 19.8 Å². The number of para-hydroxylation sites is 1. The van der Waals surface area contributed by atoms with Gasteiger partial charge in [-0.3, -0.25) is 4.79 Å². The molecule has 1 aromatic rings. The van der Waals surface area contributed by atoms with Crippen LogP contribution in [0.4, 0.5) is 0 Å². The van der Waals surface area contributed by atoms with Gasteiger partial charge < -0.3 is 63.4 Å².